The first kappa shape index (κ1) is 16.5. The number of hydrogen-bond donors (Lipinski definition) is 2. The highest BCUT2D eigenvalue weighted by molar-refractivity contribution is 5.74. The standard InChI is InChI=1S/C17H23N5O2/c1-3-24-17(23)12-5-4-6-22(10-12)21-15-13(7-18)9-20-16-14(15)11(2)8-19-16/h9,11-12H,3-6,8,10H2,1-2H3,(H2,19,20,21)/t11?,12-/m0/s1. The Bertz CT molecular complexity index is 670. The number of carbonyl (C=O) groups excluding carboxylic acids is 1. The Kier molecular flexibility index (Phi) is 4.86. The third-order valence-electron chi connectivity index (χ3n) is 4.62. The topological polar surface area (TPSA) is 90.3 Å². The largest absolute Gasteiger partial charge is 0.466 e. The zero-order valence-electron chi connectivity index (χ0n) is 14.1. The number of fused-ring (bicyclic) bond motifs is 1. The van der Waals surface area contributed by atoms with E-state index in [0.29, 0.717) is 18.7 Å². The SMILES string of the molecule is CCOC(=O)[C@H]1CCCN(Nc2c(C#N)cnc3c2C(C)CN3)C1. The molecule has 2 N–H and O–H groups in total. The van der Waals surface area contributed by atoms with Crippen LogP contribution in [0.4, 0.5) is 11.5 Å². The second-order valence-electron chi connectivity index (χ2n) is 6.35. The van der Waals surface area contributed by atoms with Crippen molar-refractivity contribution in [3.63, 3.8) is 0 Å². The molecule has 2 aliphatic heterocycles. The van der Waals surface area contributed by atoms with Crippen LogP contribution < -0.4 is 10.7 Å². The van der Waals surface area contributed by atoms with E-state index in [0.717, 1.165) is 43.0 Å². The highest BCUT2D eigenvalue weighted by Crippen LogP contribution is 2.37. The first-order valence-corrected chi connectivity index (χ1v) is 8.49. The number of pyridine rings is 1. The lowest BCUT2D eigenvalue weighted by Crippen LogP contribution is -2.42. The molecule has 2 aliphatic rings. The fourth-order valence-electron chi connectivity index (χ4n) is 3.39. The Morgan fingerprint density at radius 2 is 2.46 bits per heavy atom. The van der Waals surface area contributed by atoms with Gasteiger partial charge in [0.1, 0.15) is 11.9 Å². The van der Waals surface area contributed by atoms with Crippen LogP contribution in [0.3, 0.4) is 0 Å². The number of nitrogens with zero attached hydrogens (tertiary/aromatic N) is 3. The van der Waals surface area contributed by atoms with Gasteiger partial charge in [-0.1, -0.05) is 6.92 Å². The Morgan fingerprint density at radius 1 is 1.62 bits per heavy atom. The van der Waals surface area contributed by atoms with E-state index in [4.69, 9.17) is 4.74 Å². The third-order valence-corrected chi connectivity index (χ3v) is 4.62. The number of nitrogens with one attached hydrogen (secondary N) is 2. The minimum Gasteiger partial charge on any atom is -0.466 e. The number of ether oxygens (including phenoxy) is 1. The molecule has 0 amide bonds. The van der Waals surface area contributed by atoms with Gasteiger partial charge in [0.2, 0.25) is 0 Å². The normalized spacial score (nSPS) is 23.0. The van der Waals surface area contributed by atoms with Gasteiger partial charge in [0.25, 0.3) is 0 Å². The van der Waals surface area contributed by atoms with Crippen LogP contribution in [0.1, 0.15) is 43.7 Å². The highest BCUT2D eigenvalue weighted by Gasteiger charge is 2.30. The molecule has 0 aliphatic carbocycles. The van der Waals surface area contributed by atoms with Crippen LogP contribution in [-0.4, -0.2) is 42.2 Å². The average Bonchev–Trinajstić information content (AvgIpc) is 2.97. The van der Waals surface area contributed by atoms with Gasteiger partial charge in [0.15, 0.2) is 0 Å². The zero-order valence-corrected chi connectivity index (χ0v) is 14.1. The first-order chi connectivity index (χ1) is 11.6. The Labute approximate surface area is 142 Å². The number of rotatable bonds is 4. The van der Waals surface area contributed by atoms with Crippen LogP contribution in [0.15, 0.2) is 6.20 Å². The number of piperidine rings is 1. The molecule has 7 heteroatoms. The summed E-state index contributed by atoms with van der Waals surface area (Å²) in [7, 11) is 0. The van der Waals surface area contributed by atoms with E-state index in [-0.39, 0.29) is 17.8 Å². The lowest BCUT2D eigenvalue weighted by atomic mass is 9.99. The fourth-order valence-corrected chi connectivity index (χ4v) is 3.39. The summed E-state index contributed by atoms with van der Waals surface area (Å²) in [5.74, 6) is 0.860. The van der Waals surface area contributed by atoms with Gasteiger partial charge in [0.05, 0.1) is 23.8 Å². The summed E-state index contributed by atoms with van der Waals surface area (Å²) < 4.78 is 5.15. The maximum absolute atomic E-state index is 12.0. The predicted octanol–water partition coefficient (Wildman–Crippen LogP) is 2.08. The Hall–Kier alpha value is -2.33. The minimum absolute atomic E-state index is 0.123. The van der Waals surface area contributed by atoms with Crippen LogP contribution in [0.2, 0.25) is 0 Å². The summed E-state index contributed by atoms with van der Waals surface area (Å²) in [6, 6.07) is 2.22. The van der Waals surface area contributed by atoms with Crippen molar-refractivity contribution in [2.24, 2.45) is 5.92 Å². The van der Waals surface area contributed by atoms with Crippen molar-refractivity contribution in [2.75, 3.05) is 37.0 Å². The molecule has 2 atom stereocenters. The molecule has 0 aromatic carbocycles. The van der Waals surface area contributed by atoms with Gasteiger partial charge in [-0.25, -0.2) is 9.99 Å². The van der Waals surface area contributed by atoms with Crippen molar-refractivity contribution in [3.8, 4) is 6.07 Å². The summed E-state index contributed by atoms with van der Waals surface area (Å²) in [5.41, 5.74) is 5.77. The smallest absolute Gasteiger partial charge is 0.310 e. The molecule has 1 aromatic heterocycles. The second kappa shape index (κ2) is 7.05. The monoisotopic (exact) mass is 329 g/mol. The molecule has 1 unspecified atom stereocenters. The molecular formula is C17H23N5O2. The van der Waals surface area contributed by atoms with Gasteiger partial charge < -0.3 is 15.5 Å². The van der Waals surface area contributed by atoms with E-state index in [1.54, 1.807) is 6.20 Å². The molecule has 1 aromatic rings. The van der Waals surface area contributed by atoms with Crippen LogP contribution >= 0.6 is 0 Å². The van der Waals surface area contributed by atoms with Crippen LogP contribution in [0, 0.1) is 17.2 Å². The van der Waals surface area contributed by atoms with Gasteiger partial charge in [0, 0.05) is 37.3 Å². The van der Waals surface area contributed by atoms with Crippen LogP contribution in [-0.2, 0) is 9.53 Å². The lowest BCUT2D eigenvalue weighted by Gasteiger charge is -2.33. The van der Waals surface area contributed by atoms with Crippen molar-refractivity contribution < 1.29 is 9.53 Å². The number of anilines is 2. The van der Waals surface area contributed by atoms with Gasteiger partial charge in [-0.3, -0.25) is 4.79 Å². The summed E-state index contributed by atoms with van der Waals surface area (Å²) in [6.45, 7) is 6.58. The molecule has 24 heavy (non-hydrogen) atoms. The molecule has 3 heterocycles. The Morgan fingerprint density at radius 3 is 3.21 bits per heavy atom. The van der Waals surface area contributed by atoms with E-state index in [1.165, 1.54) is 0 Å². The molecule has 0 saturated carbocycles. The van der Waals surface area contributed by atoms with Crippen molar-refractivity contribution in [1.29, 1.82) is 5.26 Å². The van der Waals surface area contributed by atoms with Gasteiger partial charge in [-0.2, -0.15) is 5.26 Å². The number of carbonyl (C=O) groups is 1. The molecule has 7 nitrogen and oxygen atoms in total. The molecule has 0 spiro atoms. The van der Waals surface area contributed by atoms with E-state index < -0.39 is 0 Å². The maximum Gasteiger partial charge on any atom is 0.310 e. The van der Waals surface area contributed by atoms with Crippen molar-refractivity contribution in [3.05, 3.63) is 17.3 Å². The zero-order chi connectivity index (χ0) is 17.1. The summed E-state index contributed by atoms with van der Waals surface area (Å²) in [4.78, 5) is 16.3. The Balaban J connectivity index is 1.80. The molecule has 128 valence electrons. The molecule has 1 saturated heterocycles. The summed E-state index contributed by atoms with van der Waals surface area (Å²) >= 11 is 0. The summed E-state index contributed by atoms with van der Waals surface area (Å²) in [6.07, 6.45) is 3.35. The molecule has 0 radical (unpaired) electrons. The molecule has 3 rings (SSSR count). The molecular weight excluding hydrogens is 306 g/mol. The predicted molar refractivity (Wildman–Crippen MR) is 90.4 cm³/mol. The van der Waals surface area contributed by atoms with Gasteiger partial charge in [-0.15, -0.1) is 0 Å². The molecule has 0 bridgehead atoms. The lowest BCUT2D eigenvalue weighted by molar-refractivity contribution is -0.149. The number of hydrazine groups is 1. The number of nitriles is 1. The first-order valence-electron chi connectivity index (χ1n) is 8.49. The molecule has 1 fully saturated rings. The second-order valence-corrected chi connectivity index (χ2v) is 6.35. The van der Waals surface area contributed by atoms with E-state index in [9.17, 15) is 10.1 Å². The van der Waals surface area contributed by atoms with E-state index in [2.05, 4.69) is 28.7 Å². The maximum atomic E-state index is 12.0. The average molecular weight is 329 g/mol. The van der Waals surface area contributed by atoms with Crippen molar-refractivity contribution >= 4 is 17.5 Å². The number of aromatic nitrogens is 1. The third kappa shape index (κ3) is 3.15. The van der Waals surface area contributed by atoms with E-state index in [1.807, 2.05) is 11.9 Å². The van der Waals surface area contributed by atoms with Gasteiger partial charge in [-0.05, 0) is 19.8 Å². The minimum atomic E-state index is -0.139. The van der Waals surface area contributed by atoms with Gasteiger partial charge >= 0.3 is 5.97 Å². The number of esters is 1. The van der Waals surface area contributed by atoms with E-state index >= 15 is 0 Å². The van der Waals surface area contributed by atoms with Crippen molar-refractivity contribution in [2.45, 2.75) is 32.6 Å². The quantitative estimate of drug-likeness (QED) is 0.817. The fraction of sp³-hybridized carbons (Fsp3) is 0.588. The van der Waals surface area contributed by atoms with Crippen molar-refractivity contribution in [1.82, 2.24) is 9.99 Å². The van der Waals surface area contributed by atoms with Crippen LogP contribution in [0.25, 0.3) is 0 Å². The van der Waals surface area contributed by atoms with Crippen LogP contribution in [0.5, 0.6) is 0 Å². The summed E-state index contributed by atoms with van der Waals surface area (Å²) in [5, 5.41) is 14.7. The highest BCUT2D eigenvalue weighted by atomic mass is 16.5. The number of hydrogen-bond acceptors (Lipinski definition) is 7.